The summed E-state index contributed by atoms with van der Waals surface area (Å²) in [6.07, 6.45) is 3.46. The van der Waals surface area contributed by atoms with E-state index in [0.29, 0.717) is 11.3 Å². The van der Waals surface area contributed by atoms with E-state index in [9.17, 15) is 9.59 Å². The Morgan fingerprint density at radius 3 is 2.78 bits per heavy atom. The van der Waals surface area contributed by atoms with E-state index in [1.165, 1.54) is 6.42 Å². The van der Waals surface area contributed by atoms with Gasteiger partial charge in [0.15, 0.2) is 0 Å². The molecule has 1 amide bonds. The van der Waals surface area contributed by atoms with Crippen LogP contribution in [-0.2, 0) is 9.59 Å². The average Bonchev–Trinajstić information content (AvgIpc) is 2.75. The molecule has 0 aromatic heterocycles. The fourth-order valence-corrected chi connectivity index (χ4v) is 3.42. The van der Waals surface area contributed by atoms with Crippen LogP contribution < -0.4 is 5.32 Å². The summed E-state index contributed by atoms with van der Waals surface area (Å²) in [7, 11) is 1.93. The van der Waals surface area contributed by atoms with Crippen LogP contribution in [0.25, 0.3) is 0 Å². The Morgan fingerprint density at radius 2 is 2.17 bits per heavy atom. The van der Waals surface area contributed by atoms with Crippen LogP contribution in [-0.4, -0.2) is 59.1 Å². The van der Waals surface area contributed by atoms with Crippen LogP contribution in [0.3, 0.4) is 0 Å². The van der Waals surface area contributed by atoms with Crippen molar-refractivity contribution in [3.05, 3.63) is 0 Å². The van der Waals surface area contributed by atoms with Crippen LogP contribution in [0.15, 0.2) is 0 Å². The van der Waals surface area contributed by atoms with Crippen LogP contribution in [0.1, 0.15) is 26.2 Å². The van der Waals surface area contributed by atoms with Crippen molar-refractivity contribution < 1.29 is 14.7 Å². The summed E-state index contributed by atoms with van der Waals surface area (Å²) in [4.78, 5) is 23.9. The molecule has 18 heavy (non-hydrogen) atoms. The predicted molar refractivity (Wildman–Crippen MR) is 72.8 cm³/mol. The van der Waals surface area contributed by atoms with Gasteiger partial charge in [0.25, 0.3) is 0 Å². The molecule has 1 aliphatic carbocycles. The molecule has 0 aromatic rings. The minimum absolute atomic E-state index is 0.216. The zero-order valence-corrected chi connectivity index (χ0v) is 11.8. The Labute approximate surface area is 112 Å². The summed E-state index contributed by atoms with van der Waals surface area (Å²) < 4.78 is 0. The summed E-state index contributed by atoms with van der Waals surface area (Å²) in [6, 6.07) is 0.449. The van der Waals surface area contributed by atoms with Crippen molar-refractivity contribution in [2.24, 2.45) is 0 Å². The van der Waals surface area contributed by atoms with E-state index >= 15 is 0 Å². The zero-order valence-electron chi connectivity index (χ0n) is 11.0. The number of thioether (sulfide) groups is 1. The Balaban J connectivity index is 2.26. The molecule has 2 N–H and O–H groups in total. The first kappa shape index (κ1) is 15.3. The van der Waals surface area contributed by atoms with Crippen molar-refractivity contribution >= 4 is 23.6 Å². The van der Waals surface area contributed by atoms with Gasteiger partial charge in [-0.15, -0.1) is 0 Å². The fraction of sp³-hybridized carbons (Fsp3) is 0.833. The van der Waals surface area contributed by atoms with Gasteiger partial charge in [0.2, 0.25) is 5.91 Å². The van der Waals surface area contributed by atoms with Gasteiger partial charge < -0.3 is 10.4 Å². The second-order valence-electron chi connectivity index (χ2n) is 4.63. The smallest absolute Gasteiger partial charge is 0.322 e. The van der Waals surface area contributed by atoms with Gasteiger partial charge in [-0.2, -0.15) is 11.8 Å². The summed E-state index contributed by atoms with van der Waals surface area (Å²) >= 11 is 1.99. The van der Waals surface area contributed by atoms with Crippen molar-refractivity contribution in [3.63, 3.8) is 0 Å². The molecule has 5 nitrogen and oxygen atoms in total. The van der Waals surface area contributed by atoms with Gasteiger partial charge in [-0.1, -0.05) is 6.92 Å². The molecule has 1 fully saturated rings. The Morgan fingerprint density at radius 1 is 1.44 bits per heavy atom. The molecule has 2 unspecified atom stereocenters. The Hall–Kier alpha value is -0.750. The maximum absolute atomic E-state index is 11.5. The van der Waals surface area contributed by atoms with Gasteiger partial charge in [0, 0.05) is 11.3 Å². The topological polar surface area (TPSA) is 69.6 Å². The lowest BCUT2D eigenvalue weighted by atomic mass is 10.2. The second-order valence-corrected chi connectivity index (χ2v) is 6.21. The zero-order chi connectivity index (χ0) is 13.5. The Kier molecular flexibility index (Phi) is 6.49. The number of hydrogen-bond acceptors (Lipinski definition) is 4. The number of aliphatic carboxylic acids is 1. The molecule has 0 heterocycles. The lowest BCUT2D eigenvalue weighted by Gasteiger charge is -2.23. The SMILES string of the molecule is CCSC1CCC(N(C)CC(=O)NCC(=O)O)C1. The highest BCUT2D eigenvalue weighted by atomic mass is 32.2. The van der Waals surface area contributed by atoms with E-state index in [-0.39, 0.29) is 19.0 Å². The van der Waals surface area contributed by atoms with Crippen molar-refractivity contribution in [1.29, 1.82) is 0 Å². The number of nitrogens with zero attached hydrogens (tertiary/aromatic N) is 1. The molecule has 0 aromatic carbocycles. The third-order valence-electron chi connectivity index (χ3n) is 3.21. The molecular formula is C12H22N2O3S. The molecule has 0 saturated heterocycles. The van der Waals surface area contributed by atoms with Gasteiger partial charge >= 0.3 is 5.97 Å². The standard InChI is InChI=1S/C12H22N2O3S/c1-3-18-10-5-4-9(6-10)14(2)8-11(15)13-7-12(16)17/h9-10H,3-8H2,1-2H3,(H,13,15)(H,16,17). The van der Waals surface area contributed by atoms with Gasteiger partial charge in [-0.25, -0.2) is 0 Å². The molecule has 0 bridgehead atoms. The van der Waals surface area contributed by atoms with E-state index in [4.69, 9.17) is 5.11 Å². The van der Waals surface area contributed by atoms with Crippen LogP contribution in [0.5, 0.6) is 0 Å². The molecule has 0 aliphatic heterocycles. The number of carboxylic acid groups (broad SMARTS) is 1. The number of carbonyl (C=O) groups is 2. The molecule has 1 saturated carbocycles. The summed E-state index contributed by atoms with van der Waals surface area (Å²) in [5.74, 6) is -0.0852. The third kappa shape index (κ3) is 5.27. The number of rotatable bonds is 7. The number of nitrogens with one attached hydrogen (secondary N) is 1. The molecule has 0 spiro atoms. The molecule has 6 heteroatoms. The van der Waals surface area contributed by atoms with Crippen LogP contribution in [0.4, 0.5) is 0 Å². The normalized spacial score (nSPS) is 23.3. The third-order valence-corrected chi connectivity index (χ3v) is 4.45. The van der Waals surface area contributed by atoms with Gasteiger partial charge in [-0.3, -0.25) is 14.5 Å². The maximum atomic E-state index is 11.5. The van der Waals surface area contributed by atoms with E-state index < -0.39 is 5.97 Å². The predicted octanol–water partition coefficient (Wildman–Crippen LogP) is 0.793. The molecular weight excluding hydrogens is 252 g/mol. The van der Waals surface area contributed by atoms with Crippen molar-refractivity contribution in [2.45, 2.75) is 37.5 Å². The summed E-state index contributed by atoms with van der Waals surface area (Å²) in [6.45, 7) is 2.15. The lowest BCUT2D eigenvalue weighted by molar-refractivity contribution is -0.138. The van der Waals surface area contributed by atoms with Crippen molar-refractivity contribution in [3.8, 4) is 0 Å². The minimum Gasteiger partial charge on any atom is -0.480 e. The molecule has 104 valence electrons. The average molecular weight is 274 g/mol. The number of amides is 1. The molecule has 1 rings (SSSR count). The van der Waals surface area contributed by atoms with Gasteiger partial charge in [0.1, 0.15) is 6.54 Å². The van der Waals surface area contributed by atoms with E-state index in [0.717, 1.165) is 18.6 Å². The summed E-state index contributed by atoms with van der Waals surface area (Å²) in [5.41, 5.74) is 0. The first-order valence-electron chi connectivity index (χ1n) is 6.33. The van der Waals surface area contributed by atoms with Crippen LogP contribution in [0.2, 0.25) is 0 Å². The number of likely N-dealkylation sites (N-methyl/N-ethyl adjacent to an activating group) is 1. The van der Waals surface area contributed by atoms with Crippen LogP contribution in [0, 0.1) is 0 Å². The fourth-order valence-electron chi connectivity index (χ4n) is 2.29. The second kappa shape index (κ2) is 7.63. The minimum atomic E-state index is -1.01. The van der Waals surface area contributed by atoms with Crippen LogP contribution >= 0.6 is 11.8 Å². The molecule has 2 atom stereocenters. The largest absolute Gasteiger partial charge is 0.480 e. The highest BCUT2D eigenvalue weighted by Gasteiger charge is 2.28. The maximum Gasteiger partial charge on any atom is 0.322 e. The quantitative estimate of drug-likeness (QED) is 0.718. The highest BCUT2D eigenvalue weighted by Crippen LogP contribution is 2.31. The number of hydrogen-bond donors (Lipinski definition) is 2. The summed E-state index contributed by atoms with van der Waals surface area (Å²) in [5, 5.41) is 11.6. The Bertz CT molecular complexity index is 299. The highest BCUT2D eigenvalue weighted by molar-refractivity contribution is 7.99. The van der Waals surface area contributed by atoms with Gasteiger partial charge in [0.05, 0.1) is 6.54 Å². The first-order valence-corrected chi connectivity index (χ1v) is 7.38. The van der Waals surface area contributed by atoms with E-state index in [1.807, 2.05) is 23.7 Å². The molecule has 0 radical (unpaired) electrons. The lowest BCUT2D eigenvalue weighted by Crippen LogP contribution is -2.41. The van der Waals surface area contributed by atoms with Gasteiger partial charge in [-0.05, 0) is 32.1 Å². The molecule has 1 aliphatic rings. The van der Waals surface area contributed by atoms with Crippen molar-refractivity contribution in [1.82, 2.24) is 10.2 Å². The van der Waals surface area contributed by atoms with Crippen molar-refractivity contribution in [2.75, 3.05) is 25.9 Å². The number of carboxylic acids is 1. The number of carbonyl (C=O) groups excluding carboxylic acids is 1. The van der Waals surface area contributed by atoms with E-state index in [2.05, 4.69) is 12.2 Å². The monoisotopic (exact) mass is 274 g/mol. The first-order chi connectivity index (χ1) is 8.52. The van der Waals surface area contributed by atoms with E-state index in [1.54, 1.807) is 0 Å².